The Morgan fingerprint density at radius 3 is 2.92 bits per heavy atom. The van der Waals surface area contributed by atoms with E-state index in [1.165, 1.54) is 16.6 Å². The maximum atomic E-state index is 12.6. The van der Waals surface area contributed by atoms with E-state index in [4.69, 9.17) is 4.74 Å². The summed E-state index contributed by atoms with van der Waals surface area (Å²) < 4.78 is 32.1. The Bertz CT molecular complexity index is 662. The Balaban J connectivity index is 1.56. The van der Waals surface area contributed by atoms with Gasteiger partial charge in [-0.15, -0.1) is 0 Å². The number of carbonyl (C=O) groups excluding carboxylic acids is 1. The molecule has 2 fully saturated rings. The molecule has 0 saturated carbocycles. The molecule has 1 aromatic heterocycles. The maximum absolute atomic E-state index is 12.6. The minimum absolute atomic E-state index is 0.152. The first-order chi connectivity index (χ1) is 11.6. The van der Waals surface area contributed by atoms with Crippen molar-refractivity contribution in [1.29, 1.82) is 0 Å². The second-order valence-electron chi connectivity index (χ2n) is 5.95. The van der Waals surface area contributed by atoms with Crippen molar-refractivity contribution in [2.75, 3.05) is 37.7 Å². The van der Waals surface area contributed by atoms with Gasteiger partial charge in [-0.2, -0.15) is 16.1 Å². The van der Waals surface area contributed by atoms with Crippen LogP contribution in [-0.2, 0) is 14.8 Å². The zero-order valence-corrected chi connectivity index (χ0v) is 15.1. The molecule has 2 saturated heterocycles. The van der Waals surface area contributed by atoms with Crippen LogP contribution in [0.3, 0.4) is 0 Å². The van der Waals surface area contributed by atoms with Crippen molar-refractivity contribution < 1.29 is 17.9 Å². The first-order valence-electron chi connectivity index (χ1n) is 8.23. The molecule has 134 valence electrons. The van der Waals surface area contributed by atoms with Crippen LogP contribution in [0.25, 0.3) is 0 Å². The lowest BCUT2D eigenvalue weighted by atomic mass is 10.2. The molecule has 0 radical (unpaired) electrons. The maximum Gasteiger partial charge on any atom is 0.267 e. The number of aromatic nitrogens is 1. The SMILES string of the molecule is O=C(NCCC1CCCO1)c1cc(S(=O)(=O)N2CCSCC2)c[nH]1. The zero-order chi connectivity index (χ0) is 17.0. The summed E-state index contributed by atoms with van der Waals surface area (Å²) in [7, 11) is -3.52. The molecule has 0 bridgehead atoms. The van der Waals surface area contributed by atoms with Crippen LogP contribution in [0.2, 0.25) is 0 Å². The quantitative estimate of drug-likeness (QED) is 0.778. The number of hydrogen-bond acceptors (Lipinski definition) is 5. The van der Waals surface area contributed by atoms with Gasteiger partial charge in [0, 0.05) is 43.9 Å². The van der Waals surface area contributed by atoms with Gasteiger partial charge in [-0.1, -0.05) is 0 Å². The summed E-state index contributed by atoms with van der Waals surface area (Å²) >= 11 is 1.75. The van der Waals surface area contributed by atoms with Crippen LogP contribution in [0.5, 0.6) is 0 Å². The van der Waals surface area contributed by atoms with Gasteiger partial charge in [0.25, 0.3) is 5.91 Å². The Morgan fingerprint density at radius 2 is 2.21 bits per heavy atom. The van der Waals surface area contributed by atoms with Crippen molar-refractivity contribution in [1.82, 2.24) is 14.6 Å². The molecule has 2 aliphatic heterocycles. The third-order valence-corrected chi connectivity index (χ3v) is 7.10. The summed E-state index contributed by atoms with van der Waals surface area (Å²) in [6.45, 7) is 2.35. The molecular formula is C15H23N3O4S2. The van der Waals surface area contributed by atoms with Gasteiger partial charge in [-0.3, -0.25) is 4.79 Å². The summed E-state index contributed by atoms with van der Waals surface area (Å²) in [5.41, 5.74) is 0.271. The van der Waals surface area contributed by atoms with E-state index in [1.54, 1.807) is 11.8 Å². The normalized spacial score (nSPS) is 22.6. The number of nitrogens with zero attached hydrogens (tertiary/aromatic N) is 1. The van der Waals surface area contributed by atoms with Gasteiger partial charge >= 0.3 is 0 Å². The summed E-state index contributed by atoms with van der Waals surface area (Å²) in [6.07, 6.45) is 4.51. The van der Waals surface area contributed by atoms with Gasteiger partial charge in [-0.05, 0) is 25.3 Å². The highest BCUT2D eigenvalue weighted by atomic mass is 32.2. The Morgan fingerprint density at radius 1 is 1.42 bits per heavy atom. The fourth-order valence-corrected chi connectivity index (χ4v) is 5.47. The van der Waals surface area contributed by atoms with Crippen LogP contribution in [-0.4, -0.2) is 67.5 Å². The van der Waals surface area contributed by atoms with Gasteiger partial charge in [-0.25, -0.2) is 8.42 Å². The molecule has 7 nitrogen and oxygen atoms in total. The number of nitrogens with one attached hydrogen (secondary N) is 2. The summed E-state index contributed by atoms with van der Waals surface area (Å²) in [6, 6.07) is 1.42. The van der Waals surface area contributed by atoms with Gasteiger partial charge in [0.05, 0.1) is 6.10 Å². The van der Waals surface area contributed by atoms with E-state index in [0.717, 1.165) is 37.4 Å². The average Bonchev–Trinajstić information content (AvgIpc) is 3.27. The lowest BCUT2D eigenvalue weighted by Crippen LogP contribution is -2.37. The highest BCUT2D eigenvalue weighted by Crippen LogP contribution is 2.21. The van der Waals surface area contributed by atoms with Crippen LogP contribution in [0.1, 0.15) is 29.8 Å². The zero-order valence-electron chi connectivity index (χ0n) is 13.5. The first-order valence-corrected chi connectivity index (χ1v) is 10.8. The smallest absolute Gasteiger partial charge is 0.267 e. The first kappa shape index (κ1) is 17.8. The molecule has 0 spiro atoms. The number of thioether (sulfide) groups is 1. The number of amides is 1. The Labute approximate surface area is 146 Å². The number of aromatic amines is 1. The average molecular weight is 374 g/mol. The Kier molecular flexibility index (Phi) is 5.85. The molecule has 2 N–H and O–H groups in total. The van der Waals surface area contributed by atoms with Crippen LogP contribution < -0.4 is 5.32 Å². The number of ether oxygens (including phenoxy) is 1. The van der Waals surface area contributed by atoms with Crippen molar-refractivity contribution in [2.24, 2.45) is 0 Å². The third kappa shape index (κ3) is 4.14. The van der Waals surface area contributed by atoms with E-state index in [2.05, 4.69) is 10.3 Å². The van der Waals surface area contributed by atoms with Crippen LogP contribution in [0.15, 0.2) is 17.2 Å². The number of carbonyl (C=O) groups is 1. The van der Waals surface area contributed by atoms with E-state index in [0.29, 0.717) is 19.6 Å². The lowest BCUT2D eigenvalue weighted by Gasteiger charge is -2.24. The van der Waals surface area contributed by atoms with E-state index < -0.39 is 10.0 Å². The summed E-state index contributed by atoms with van der Waals surface area (Å²) in [4.78, 5) is 15.1. The number of sulfonamides is 1. The minimum atomic E-state index is -3.52. The number of H-pyrrole nitrogens is 1. The minimum Gasteiger partial charge on any atom is -0.378 e. The van der Waals surface area contributed by atoms with Gasteiger partial charge in [0.15, 0.2) is 0 Å². The topological polar surface area (TPSA) is 91.5 Å². The molecule has 0 aromatic carbocycles. The number of rotatable bonds is 6. The third-order valence-electron chi connectivity index (χ3n) is 4.28. The van der Waals surface area contributed by atoms with Crippen LogP contribution in [0, 0.1) is 0 Å². The van der Waals surface area contributed by atoms with Crippen molar-refractivity contribution in [3.8, 4) is 0 Å². The molecule has 3 heterocycles. The highest BCUT2D eigenvalue weighted by molar-refractivity contribution is 7.99. The van der Waals surface area contributed by atoms with Gasteiger partial charge in [0.2, 0.25) is 10.0 Å². The highest BCUT2D eigenvalue weighted by Gasteiger charge is 2.27. The van der Waals surface area contributed by atoms with Crippen molar-refractivity contribution in [3.63, 3.8) is 0 Å². The fraction of sp³-hybridized carbons (Fsp3) is 0.667. The van der Waals surface area contributed by atoms with E-state index in [9.17, 15) is 13.2 Å². The largest absolute Gasteiger partial charge is 0.378 e. The second-order valence-corrected chi connectivity index (χ2v) is 9.11. The van der Waals surface area contributed by atoms with Crippen molar-refractivity contribution >= 4 is 27.7 Å². The standard InChI is InChI=1S/C15H23N3O4S2/c19-15(16-4-3-12-2-1-7-22-12)14-10-13(11-17-14)24(20,21)18-5-8-23-9-6-18/h10-12,17H,1-9H2,(H,16,19). The van der Waals surface area contributed by atoms with E-state index in [-0.39, 0.29) is 22.6 Å². The molecule has 1 unspecified atom stereocenters. The molecular weight excluding hydrogens is 350 g/mol. The lowest BCUT2D eigenvalue weighted by molar-refractivity contribution is 0.0903. The van der Waals surface area contributed by atoms with Crippen molar-refractivity contribution in [2.45, 2.75) is 30.3 Å². The molecule has 3 rings (SSSR count). The summed E-state index contributed by atoms with van der Waals surface area (Å²) in [5.74, 6) is 1.32. The van der Waals surface area contributed by atoms with Gasteiger partial charge in [0.1, 0.15) is 10.6 Å². The molecule has 2 aliphatic rings. The molecule has 9 heteroatoms. The van der Waals surface area contributed by atoms with E-state index in [1.807, 2.05) is 0 Å². The predicted molar refractivity (Wildman–Crippen MR) is 92.8 cm³/mol. The second kappa shape index (κ2) is 7.90. The predicted octanol–water partition coefficient (Wildman–Crippen LogP) is 1.05. The van der Waals surface area contributed by atoms with Crippen LogP contribution in [0.4, 0.5) is 0 Å². The van der Waals surface area contributed by atoms with Gasteiger partial charge < -0.3 is 15.0 Å². The summed E-state index contributed by atoms with van der Waals surface area (Å²) in [5, 5.41) is 2.81. The molecule has 0 aliphatic carbocycles. The monoisotopic (exact) mass is 373 g/mol. The fourth-order valence-electron chi connectivity index (χ4n) is 2.90. The molecule has 1 aromatic rings. The Hall–Kier alpha value is -1.03. The molecule has 1 atom stereocenters. The number of hydrogen-bond donors (Lipinski definition) is 2. The van der Waals surface area contributed by atoms with Crippen molar-refractivity contribution in [3.05, 3.63) is 18.0 Å². The van der Waals surface area contributed by atoms with E-state index >= 15 is 0 Å². The molecule has 24 heavy (non-hydrogen) atoms. The van der Waals surface area contributed by atoms with Crippen LogP contribution >= 0.6 is 11.8 Å². The molecule has 1 amide bonds.